The van der Waals surface area contributed by atoms with Gasteiger partial charge in [-0.15, -0.1) is 11.8 Å². The molecule has 2 heterocycles. The molecule has 1 fully saturated rings. The monoisotopic (exact) mass is 359 g/mol. The summed E-state index contributed by atoms with van der Waals surface area (Å²) in [5.41, 5.74) is 0.809. The molecule has 1 aromatic carbocycles. The normalized spacial score (nSPS) is 15.2. The van der Waals surface area contributed by atoms with Gasteiger partial charge < -0.3 is 14.6 Å². The number of nitrogens with one attached hydrogen (secondary N) is 1. The Kier molecular flexibility index (Phi) is 5.78. The lowest BCUT2D eigenvalue weighted by atomic mass is 10.2. The quantitative estimate of drug-likeness (QED) is 0.831. The second kappa shape index (κ2) is 8.22. The lowest BCUT2D eigenvalue weighted by Gasteiger charge is -2.33. The summed E-state index contributed by atoms with van der Waals surface area (Å²) in [6, 6.07) is 11.2. The van der Waals surface area contributed by atoms with Crippen molar-refractivity contribution in [3.05, 3.63) is 48.4 Å². The van der Waals surface area contributed by atoms with Crippen LogP contribution in [0.1, 0.15) is 10.6 Å². The molecule has 1 saturated heterocycles. The van der Waals surface area contributed by atoms with Crippen molar-refractivity contribution in [2.45, 2.75) is 4.90 Å². The standard InChI is InChI=1S/C18H21N3O3S/c1-25-15-5-2-4-14(12-15)19-17(22)13-20-7-9-21(10-8-20)18(23)16-6-3-11-24-16/h2-6,11-12H,7-10,13H2,1H3,(H,19,22). The fourth-order valence-electron chi connectivity index (χ4n) is 2.77. The van der Waals surface area contributed by atoms with Crippen LogP contribution in [0.3, 0.4) is 0 Å². The predicted molar refractivity (Wildman–Crippen MR) is 97.9 cm³/mol. The zero-order chi connectivity index (χ0) is 17.6. The van der Waals surface area contributed by atoms with Crippen molar-refractivity contribution in [1.82, 2.24) is 9.80 Å². The minimum atomic E-state index is -0.0945. The van der Waals surface area contributed by atoms with E-state index in [0.717, 1.165) is 10.6 Å². The van der Waals surface area contributed by atoms with Crippen LogP contribution in [0.5, 0.6) is 0 Å². The largest absolute Gasteiger partial charge is 0.459 e. The first-order valence-electron chi connectivity index (χ1n) is 8.15. The molecule has 1 aliphatic rings. The zero-order valence-electron chi connectivity index (χ0n) is 14.1. The molecule has 0 spiro atoms. The molecule has 0 bridgehead atoms. The number of carbonyl (C=O) groups excluding carboxylic acids is 2. The lowest BCUT2D eigenvalue weighted by molar-refractivity contribution is -0.117. The van der Waals surface area contributed by atoms with Crippen LogP contribution < -0.4 is 5.32 Å². The number of hydrogen-bond donors (Lipinski definition) is 1. The van der Waals surface area contributed by atoms with Crippen LogP contribution in [0.2, 0.25) is 0 Å². The number of carbonyl (C=O) groups is 2. The van der Waals surface area contributed by atoms with Crippen molar-refractivity contribution in [3.8, 4) is 0 Å². The van der Waals surface area contributed by atoms with Crippen molar-refractivity contribution in [2.75, 3.05) is 44.3 Å². The lowest BCUT2D eigenvalue weighted by Crippen LogP contribution is -2.50. The van der Waals surface area contributed by atoms with Gasteiger partial charge in [0.2, 0.25) is 5.91 Å². The Bertz CT molecular complexity index is 725. The highest BCUT2D eigenvalue weighted by Crippen LogP contribution is 2.19. The average molecular weight is 359 g/mol. The number of nitrogens with zero attached hydrogens (tertiary/aromatic N) is 2. The third-order valence-electron chi connectivity index (χ3n) is 4.11. The van der Waals surface area contributed by atoms with Crippen LogP contribution in [-0.2, 0) is 4.79 Å². The second-order valence-corrected chi connectivity index (χ2v) is 6.71. The number of benzene rings is 1. The number of thioether (sulfide) groups is 1. The Morgan fingerprint density at radius 1 is 1.16 bits per heavy atom. The van der Waals surface area contributed by atoms with Crippen molar-refractivity contribution in [2.24, 2.45) is 0 Å². The molecule has 1 N–H and O–H groups in total. The van der Waals surface area contributed by atoms with Gasteiger partial charge in [0, 0.05) is 36.8 Å². The summed E-state index contributed by atoms with van der Waals surface area (Å²) >= 11 is 1.64. The van der Waals surface area contributed by atoms with Crippen molar-refractivity contribution in [1.29, 1.82) is 0 Å². The molecule has 0 radical (unpaired) electrons. The van der Waals surface area contributed by atoms with Crippen molar-refractivity contribution in [3.63, 3.8) is 0 Å². The molecule has 0 aliphatic carbocycles. The first kappa shape index (κ1) is 17.6. The molecule has 2 aromatic rings. The molecule has 7 heteroatoms. The summed E-state index contributed by atoms with van der Waals surface area (Å²) in [5, 5.41) is 2.93. The SMILES string of the molecule is CSc1cccc(NC(=O)CN2CCN(C(=O)c3ccco3)CC2)c1. The van der Waals surface area contributed by atoms with Gasteiger partial charge in [-0.2, -0.15) is 0 Å². The first-order chi connectivity index (χ1) is 12.2. The van der Waals surface area contributed by atoms with Crippen LogP contribution in [0.15, 0.2) is 52.0 Å². The third-order valence-corrected chi connectivity index (χ3v) is 4.84. The molecular formula is C18H21N3O3S. The highest BCUT2D eigenvalue weighted by molar-refractivity contribution is 7.98. The minimum Gasteiger partial charge on any atom is -0.459 e. The van der Waals surface area contributed by atoms with Crippen LogP contribution in [-0.4, -0.2) is 60.6 Å². The van der Waals surface area contributed by atoms with Gasteiger partial charge in [-0.3, -0.25) is 14.5 Å². The van der Waals surface area contributed by atoms with E-state index in [1.807, 2.05) is 30.5 Å². The number of rotatable bonds is 5. The second-order valence-electron chi connectivity index (χ2n) is 5.83. The van der Waals surface area contributed by atoms with Gasteiger partial charge in [0.05, 0.1) is 12.8 Å². The first-order valence-corrected chi connectivity index (χ1v) is 9.37. The Morgan fingerprint density at radius 2 is 1.96 bits per heavy atom. The Labute approximate surface area is 151 Å². The van der Waals surface area contributed by atoms with Gasteiger partial charge in [-0.25, -0.2) is 0 Å². The van der Waals surface area contributed by atoms with E-state index in [0.29, 0.717) is 38.5 Å². The summed E-state index contributed by atoms with van der Waals surface area (Å²) in [6.45, 7) is 2.85. The molecule has 0 saturated carbocycles. The van der Waals surface area contributed by atoms with Gasteiger partial charge in [0.1, 0.15) is 0 Å². The summed E-state index contributed by atoms with van der Waals surface area (Å²) in [5.74, 6) is 0.229. The number of anilines is 1. The Hall–Kier alpha value is -2.25. The molecule has 2 amide bonds. The number of amides is 2. The average Bonchev–Trinajstić information content (AvgIpc) is 3.16. The van der Waals surface area contributed by atoms with Crippen LogP contribution in [0, 0.1) is 0 Å². The van der Waals surface area contributed by atoms with E-state index >= 15 is 0 Å². The van der Waals surface area contributed by atoms with Gasteiger partial charge in [-0.1, -0.05) is 6.07 Å². The van der Waals surface area contributed by atoms with Crippen LogP contribution in [0.25, 0.3) is 0 Å². The maximum Gasteiger partial charge on any atom is 0.289 e. The third kappa shape index (κ3) is 4.64. The Morgan fingerprint density at radius 3 is 2.64 bits per heavy atom. The van der Waals surface area contributed by atoms with E-state index in [4.69, 9.17) is 4.42 Å². The summed E-state index contributed by atoms with van der Waals surface area (Å²) in [7, 11) is 0. The maximum absolute atomic E-state index is 12.2. The smallest absolute Gasteiger partial charge is 0.289 e. The highest BCUT2D eigenvalue weighted by atomic mass is 32.2. The van der Waals surface area contributed by atoms with Crippen molar-refractivity contribution >= 4 is 29.3 Å². The zero-order valence-corrected chi connectivity index (χ0v) is 14.9. The molecule has 0 unspecified atom stereocenters. The highest BCUT2D eigenvalue weighted by Gasteiger charge is 2.24. The maximum atomic E-state index is 12.2. The van der Waals surface area contributed by atoms with Gasteiger partial charge in [0.15, 0.2) is 5.76 Å². The molecule has 25 heavy (non-hydrogen) atoms. The molecular weight excluding hydrogens is 338 g/mol. The summed E-state index contributed by atoms with van der Waals surface area (Å²) in [6.07, 6.45) is 3.50. The molecule has 1 aromatic heterocycles. The van der Waals surface area contributed by atoms with E-state index in [9.17, 15) is 9.59 Å². The van der Waals surface area contributed by atoms with E-state index in [2.05, 4.69) is 10.2 Å². The number of hydrogen-bond acceptors (Lipinski definition) is 5. The Balaban J connectivity index is 1.47. The van der Waals surface area contributed by atoms with Crippen LogP contribution in [0.4, 0.5) is 5.69 Å². The fourth-order valence-corrected chi connectivity index (χ4v) is 3.23. The number of furan rings is 1. The van der Waals surface area contributed by atoms with Gasteiger partial charge in [-0.05, 0) is 36.6 Å². The van der Waals surface area contributed by atoms with Gasteiger partial charge >= 0.3 is 0 Å². The van der Waals surface area contributed by atoms with E-state index in [1.165, 1.54) is 6.26 Å². The topological polar surface area (TPSA) is 65.8 Å². The minimum absolute atomic E-state index is 0.0379. The molecule has 6 nitrogen and oxygen atoms in total. The molecule has 3 rings (SSSR count). The predicted octanol–water partition coefficient (Wildman–Crippen LogP) is 2.40. The van der Waals surface area contributed by atoms with E-state index < -0.39 is 0 Å². The van der Waals surface area contributed by atoms with E-state index in [1.54, 1.807) is 28.8 Å². The van der Waals surface area contributed by atoms with Crippen LogP contribution >= 0.6 is 11.8 Å². The van der Waals surface area contributed by atoms with E-state index in [-0.39, 0.29) is 11.8 Å². The molecule has 0 atom stereocenters. The summed E-state index contributed by atoms with van der Waals surface area (Å²) in [4.78, 5) is 29.4. The molecule has 1 aliphatic heterocycles. The summed E-state index contributed by atoms with van der Waals surface area (Å²) < 4.78 is 5.15. The fraction of sp³-hybridized carbons (Fsp3) is 0.333. The molecule has 132 valence electrons. The van der Waals surface area contributed by atoms with Gasteiger partial charge in [0.25, 0.3) is 5.91 Å². The number of piperazine rings is 1. The van der Waals surface area contributed by atoms with Crippen molar-refractivity contribution < 1.29 is 14.0 Å².